The summed E-state index contributed by atoms with van der Waals surface area (Å²) in [5.74, 6) is -0.113. The van der Waals surface area contributed by atoms with Crippen molar-refractivity contribution in [2.45, 2.75) is 50.5 Å². The lowest BCUT2D eigenvalue weighted by Crippen LogP contribution is -2.41. The zero-order valence-corrected chi connectivity index (χ0v) is 13.3. The number of hydrogen-bond acceptors (Lipinski definition) is 4. The van der Waals surface area contributed by atoms with Gasteiger partial charge in [-0.15, -0.1) is 0 Å². The first-order valence-corrected chi connectivity index (χ1v) is 7.91. The molecule has 3 N–H and O–H groups in total. The SMILES string of the molecule is CNC(=O)C[C@@H]1[C@@H](O)[C@H](O)[C@@H](C)N1CCCc1ccccc1. The van der Waals surface area contributed by atoms with E-state index in [0.717, 1.165) is 19.4 Å². The van der Waals surface area contributed by atoms with Crippen LogP contribution < -0.4 is 5.32 Å². The predicted molar refractivity (Wildman–Crippen MR) is 85.4 cm³/mol. The Kier molecular flexibility index (Phi) is 5.94. The van der Waals surface area contributed by atoms with E-state index in [2.05, 4.69) is 22.3 Å². The Hall–Kier alpha value is -1.43. The summed E-state index contributed by atoms with van der Waals surface area (Å²) < 4.78 is 0. The van der Waals surface area contributed by atoms with E-state index in [1.807, 2.05) is 25.1 Å². The van der Waals surface area contributed by atoms with E-state index in [4.69, 9.17) is 0 Å². The molecule has 2 rings (SSSR count). The molecule has 1 aliphatic rings. The lowest BCUT2D eigenvalue weighted by atomic mass is 10.1. The molecule has 1 amide bonds. The molecule has 1 saturated heterocycles. The standard InChI is InChI=1S/C17H26N2O3/c1-12-16(21)17(22)14(11-15(20)18-2)19(12)10-6-9-13-7-4-3-5-8-13/h3-5,7-8,12,14,16-17,21-22H,6,9-11H2,1-2H3,(H,18,20)/t12-,14-,16-,17-/m1/s1. The number of carbonyl (C=O) groups excluding carboxylic acids is 1. The van der Waals surface area contributed by atoms with Crippen LogP contribution in [0.15, 0.2) is 30.3 Å². The number of rotatable bonds is 6. The molecule has 0 unspecified atom stereocenters. The molecule has 0 bridgehead atoms. The van der Waals surface area contributed by atoms with Crippen LogP contribution in [-0.2, 0) is 11.2 Å². The van der Waals surface area contributed by atoms with Gasteiger partial charge in [0.05, 0.1) is 12.2 Å². The average molecular weight is 306 g/mol. The number of nitrogens with one attached hydrogen (secondary N) is 1. The van der Waals surface area contributed by atoms with Gasteiger partial charge in [-0.2, -0.15) is 0 Å². The molecule has 5 heteroatoms. The van der Waals surface area contributed by atoms with Crippen molar-refractivity contribution in [2.75, 3.05) is 13.6 Å². The van der Waals surface area contributed by atoms with Crippen LogP contribution in [0.2, 0.25) is 0 Å². The van der Waals surface area contributed by atoms with Crippen molar-refractivity contribution in [3.8, 4) is 0 Å². The van der Waals surface area contributed by atoms with Gasteiger partial charge in [-0.05, 0) is 31.9 Å². The molecule has 0 aliphatic carbocycles. The topological polar surface area (TPSA) is 72.8 Å². The normalized spacial score (nSPS) is 28.7. The zero-order valence-electron chi connectivity index (χ0n) is 13.3. The Labute approximate surface area is 131 Å². The molecule has 0 radical (unpaired) electrons. The highest BCUT2D eigenvalue weighted by Gasteiger charge is 2.45. The summed E-state index contributed by atoms with van der Waals surface area (Å²) >= 11 is 0. The van der Waals surface area contributed by atoms with Crippen molar-refractivity contribution in [3.05, 3.63) is 35.9 Å². The molecule has 0 saturated carbocycles. The minimum atomic E-state index is -0.871. The van der Waals surface area contributed by atoms with Crippen molar-refractivity contribution in [1.29, 1.82) is 0 Å². The first-order valence-electron chi connectivity index (χ1n) is 7.91. The second kappa shape index (κ2) is 7.72. The molecule has 0 aromatic heterocycles. The van der Waals surface area contributed by atoms with E-state index in [-0.39, 0.29) is 24.4 Å². The lowest BCUT2D eigenvalue weighted by molar-refractivity contribution is -0.122. The number of aryl methyl sites for hydroxylation is 1. The van der Waals surface area contributed by atoms with Crippen LogP contribution in [0.25, 0.3) is 0 Å². The third kappa shape index (κ3) is 3.85. The molecule has 1 heterocycles. The van der Waals surface area contributed by atoms with E-state index in [0.29, 0.717) is 0 Å². The maximum Gasteiger partial charge on any atom is 0.221 e. The average Bonchev–Trinajstić information content (AvgIpc) is 2.73. The minimum absolute atomic E-state index is 0.113. The highest BCUT2D eigenvalue weighted by atomic mass is 16.3. The number of aliphatic hydroxyl groups is 2. The summed E-state index contributed by atoms with van der Waals surface area (Å²) in [6.07, 6.45) is 0.418. The Bertz CT molecular complexity index is 480. The van der Waals surface area contributed by atoms with Gasteiger partial charge in [-0.1, -0.05) is 30.3 Å². The van der Waals surface area contributed by atoms with E-state index >= 15 is 0 Å². The van der Waals surface area contributed by atoms with Crippen molar-refractivity contribution in [3.63, 3.8) is 0 Å². The molecular weight excluding hydrogens is 280 g/mol. The number of hydrogen-bond donors (Lipinski definition) is 3. The van der Waals surface area contributed by atoms with Gasteiger partial charge in [0.2, 0.25) is 5.91 Å². The van der Waals surface area contributed by atoms with E-state index in [1.165, 1.54) is 5.56 Å². The summed E-state index contributed by atoms with van der Waals surface area (Å²) in [7, 11) is 1.59. The maximum absolute atomic E-state index is 11.6. The first kappa shape index (κ1) is 16.9. The Balaban J connectivity index is 1.94. The third-order valence-electron chi connectivity index (χ3n) is 4.59. The molecule has 5 nitrogen and oxygen atoms in total. The highest BCUT2D eigenvalue weighted by Crippen LogP contribution is 2.27. The van der Waals surface area contributed by atoms with Crippen molar-refractivity contribution >= 4 is 5.91 Å². The van der Waals surface area contributed by atoms with Crippen LogP contribution in [0.5, 0.6) is 0 Å². The molecule has 22 heavy (non-hydrogen) atoms. The van der Waals surface area contributed by atoms with Crippen LogP contribution in [0, 0.1) is 0 Å². The second-order valence-corrected chi connectivity index (χ2v) is 5.99. The lowest BCUT2D eigenvalue weighted by Gasteiger charge is -2.28. The number of amides is 1. The van der Waals surface area contributed by atoms with E-state index in [1.54, 1.807) is 7.05 Å². The van der Waals surface area contributed by atoms with Gasteiger partial charge in [-0.25, -0.2) is 0 Å². The largest absolute Gasteiger partial charge is 0.389 e. The number of nitrogens with zero attached hydrogens (tertiary/aromatic N) is 1. The fourth-order valence-electron chi connectivity index (χ4n) is 3.22. The smallest absolute Gasteiger partial charge is 0.221 e. The molecule has 1 aliphatic heterocycles. The van der Waals surface area contributed by atoms with Gasteiger partial charge < -0.3 is 15.5 Å². The summed E-state index contributed by atoms with van der Waals surface area (Å²) in [5.41, 5.74) is 1.28. The molecule has 1 fully saturated rings. The van der Waals surface area contributed by atoms with Crippen molar-refractivity contribution in [2.24, 2.45) is 0 Å². The second-order valence-electron chi connectivity index (χ2n) is 5.99. The molecule has 122 valence electrons. The number of aliphatic hydroxyl groups excluding tert-OH is 2. The van der Waals surface area contributed by atoms with Gasteiger partial charge in [0.25, 0.3) is 0 Å². The molecular formula is C17H26N2O3. The van der Waals surface area contributed by atoms with Crippen LogP contribution in [0.3, 0.4) is 0 Å². The van der Waals surface area contributed by atoms with Gasteiger partial charge in [0.1, 0.15) is 0 Å². The first-order chi connectivity index (χ1) is 10.5. The minimum Gasteiger partial charge on any atom is -0.389 e. The molecule has 1 aromatic carbocycles. The summed E-state index contributed by atoms with van der Waals surface area (Å²) in [5, 5.41) is 22.9. The Morgan fingerprint density at radius 2 is 1.91 bits per heavy atom. The molecule has 4 atom stereocenters. The number of benzene rings is 1. The van der Waals surface area contributed by atoms with Gasteiger partial charge in [0.15, 0.2) is 0 Å². The quantitative estimate of drug-likeness (QED) is 0.718. The summed E-state index contributed by atoms with van der Waals surface area (Å²) in [6.45, 7) is 2.66. The van der Waals surface area contributed by atoms with Crippen molar-refractivity contribution in [1.82, 2.24) is 10.2 Å². The van der Waals surface area contributed by atoms with E-state index in [9.17, 15) is 15.0 Å². The van der Waals surface area contributed by atoms with Crippen LogP contribution in [0.4, 0.5) is 0 Å². The van der Waals surface area contributed by atoms with E-state index < -0.39 is 12.2 Å². The number of likely N-dealkylation sites (tertiary alicyclic amines) is 1. The Morgan fingerprint density at radius 3 is 2.55 bits per heavy atom. The summed E-state index contributed by atoms with van der Waals surface area (Å²) in [4.78, 5) is 13.7. The fraction of sp³-hybridized carbons (Fsp3) is 0.588. The third-order valence-corrected chi connectivity index (χ3v) is 4.59. The molecule has 0 spiro atoms. The van der Waals surface area contributed by atoms with Gasteiger partial charge >= 0.3 is 0 Å². The zero-order chi connectivity index (χ0) is 16.1. The highest BCUT2D eigenvalue weighted by molar-refractivity contribution is 5.76. The van der Waals surface area contributed by atoms with Gasteiger partial charge in [0, 0.05) is 25.6 Å². The van der Waals surface area contributed by atoms with Gasteiger partial charge in [-0.3, -0.25) is 9.69 Å². The maximum atomic E-state index is 11.6. The summed E-state index contributed by atoms with van der Waals surface area (Å²) in [6, 6.07) is 9.78. The Morgan fingerprint density at radius 1 is 1.23 bits per heavy atom. The van der Waals surface area contributed by atoms with Crippen LogP contribution in [0.1, 0.15) is 25.3 Å². The fourth-order valence-corrected chi connectivity index (χ4v) is 3.22. The number of carbonyl (C=O) groups is 1. The van der Waals surface area contributed by atoms with Crippen LogP contribution in [-0.4, -0.2) is 58.9 Å². The monoisotopic (exact) mass is 306 g/mol. The van der Waals surface area contributed by atoms with Crippen molar-refractivity contribution < 1.29 is 15.0 Å². The molecule has 1 aromatic rings. The predicted octanol–water partition coefficient (Wildman–Crippen LogP) is 0.550. The van der Waals surface area contributed by atoms with Crippen LogP contribution >= 0.6 is 0 Å².